The van der Waals surface area contributed by atoms with Crippen LogP contribution in [0, 0.1) is 10.1 Å². The van der Waals surface area contributed by atoms with Crippen LogP contribution in [0.25, 0.3) is 0 Å². The van der Waals surface area contributed by atoms with Gasteiger partial charge in [0.2, 0.25) is 5.82 Å². The molecule has 0 aromatic carbocycles. The second-order valence-electron chi connectivity index (χ2n) is 3.18. The molecule has 17 heavy (non-hydrogen) atoms. The molecule has 2 aromatic heterocycles. The normalized spacial score (nSPS) is 9.88. The van der Waals surface area contributed by atoms with Crippen LogP contribution < -0.4 is 5.32 Å². The smallest absolute Gasteiger partial charge is 0.311 e. The van der Waals surface area contributed by atoms with Gasteiger partial charge in [-0.25, -0.2) is 15.0 Å². The Labute approximate surface area is 96.7 Å². The topological polar surface area (TPSA) is 93.8 Å². The lowest BCUT2D eigenvalue weighted by Crippen LogP contribution is -2.05. The average molecular weight is 231 g/mol. The van der Waals surface area contributed by atoms with E-state index in [1.807, 2.05) is 0 Å². The molecule has 0 saturated carbocycles. The molecule has 86 valence electrons. The third-order valence-corrected chi connectivity index (χ3v) is 2.06. The minimum atomic E-state index is -0.477. The van der Waals surface area contributed by atoms with E-state index in [-0.39, 0.29) is 11.5 Å². The molecule has 2 rings (SSSR count). The van der Waals surface area contributed by atoms with Gasteiger partial charge < -0.3 is 5.32 Å². The van der Waals surface area contributed by atoms with E-state index < -0.39 is 4.92 Å². The fourth-order valence-corrected chi connectivity index (χ4v) is 1.28. The van der Waals surface area contributed by atoms with Crippen molar-refractivity contribution >= 4 is 11.5 Å². The molecule has 0 aliphatic carbocycles. The van der Waals surface area contributed by atoms with Crippen molar-refractivity contribution in [1.82, 2.24) is 15.0 Å². The van der Waals surface area contributed by atoms with Crippen LogP contribution in [-0.4, -0.2) is 19.9 Å². The molecule has 0 unspecified atom stereocenters. The molecule has 2 heterocycles. The zero-order valence-corrected chi connectivity index (χ0v) is 8.78. The Morgan fingerprint density at radius 3 is 2.88 bits per heavy atom. The summed E-state index contributed by atoms with van der Waals surface area (Å²) in [5, 5.41) is 13.6. The summed E-state index contributed by atoms with van der Waals surface area (Å²) in [6, 6.07) is 4.64. The molecule has 7 nitrogen and oxygen atoms in total. The van der Waals surface area contributed by atoms with Crippen molar-refractivity contribution in [3.05, 3.63) is 52.7 Å². The molecule has 2 aromatic rings. The standard InChI is InChI=1S/C10H9N5O2/c16-15(17)9-2-1-4-12-10(9)13-6-8-3-5-11-7-14-8/h1-5,7H,6H2,(H,12,13). The molecule has 0 amide bonds. The van der Waals surface area contributed by atoms with Gasteiger partial charge in [-0.2, -0.15) is 0 Å². The Bertz CT molecular complexity index is 517. The van der Waals surface area contributed by atoms with Crippen molar-refractivity contribution in [3.8, 4) is 0 Å². The fourth-order valence-electron chi connectivity index (χ4n) is 1.28. The number of nitrogens with zero attached hydrogens (tertiary/aromatic N) is 4. The summed E-state index contributed by atoms with van der Waals surface area (Å²) < 4.78 is 0. The van der Waals surface area contributed by atoms with Gasteiger partial charge in [0.1, 0.15) is 6.33 Å². The predicted octanol–water partition coefficient (Wildman–Crippen LogP) is 1.39. The van der Waals surface area contributed by atoms with Gasteiger partial charge in [-0.05, 0) is 12.1 Å². The van der Waals surface area contributed by atoms with E-state index >= 15 is 0 Å². The number of aromatic nitrogens is 3. The minimum absolute atomic E-state index is 0.0541. The summed E-state index contributed by atoms with van der Waals surface area (Å²) in [6.45, 7) is 0.361. The maximum atomic E-state index is 10.7. The van der Waals surface area contributed by atoms with Gasteiger partial charge >= 0.3 is 5.69 Å². The van der Waals surface area contributed by atoms with Crippen LogP contribution in [0.1, 0.15) is 5.69 Å². The Hall–Kier alpha value is -2.57. The fraction of sp³-hybridized carbons (Fsp3) is 0.100. The van der Waals surface area contributed by atoms with Crippen LogP contribution in [0.2, 0.25) is 0 Å². The molecular weight excluding hydrogens is 222 g/mol. The zero-order chi connectivity index (χ0) is 12.1. The van der Waals surface area contributed by atoms with Gasteiger partial charge in [-0.1, -0.05) is 0 Å². The molecule has 7 heteroatoms. The molecule has 0 radical (unpaired) electrons. The Morgan fingerprint density at radius 1 is 1.29 bits per heavy atom. The van der Waals surface area contributed by atoms with Gasteiger partial charge in [0.25, 0.3) is 0 Å². The highest BCUT2D eigenvalue weighted by Gasteiger charge is 2.13. The lowest BCUT2D eigenvalue weighted by atomic mass is 10.3. The highest BCUT2D eigenvalue weighted by atomic mass is 16.6. The molecular formula is C10H9N5O2. The van der Waals surface area contributed by atoms with Crippen molar-refractivity contribution in [2.24, 2.45) is 0 Å². The molecule has 1 N–H and O–H groups in total. The monoisotopic (exact) mass is 231 g/mol. The summed E-state index contributed by atoms with van der Waals surface area (Å²) in [4.78, 5) is 22.0. The molecule has 0 atom stereocenters. The van der Waals surface area contributed by atoms with Crippen molar-refractivity contribution in [1.29, 1.82) is 0 Å². The predicted molar refractivity (Wildman–Crippen MR) is 60.3 cm³/mol. The molecule has 0 bridgehead atoms. The lowest BCUT2D eigenvalue weighted by molar-refractivity contribution is -0.384. The van der Waals surface area contributed by atoms with Gasteiger partial charge in [-0.15, -0.1) is 0 Å². The van der Waals surface area contributed by atoms with E-state index in [9.17, 15) is 10.1 Å². The van der Waals surface area contributed by atoms with Gasteiger partial charge in [0.15, 0.2) is 0 Å². The number of anilines is 1. The van der Waals surface area contributed by atoms with Crippen molar-refractivity contribution in [3.63, 3.8) is 0 Å². The number of pyridine rings is 1. The number of hydrogen-bond acceptors (Lipinski definition) is 6. The zero-order valence-electron chi connectivity index (χ0n) is 8.78. The van der Waals surface area contributed by atoms with E-state index in [0.717, 1.165) is 5.69 Å². The van der Waals surface area contributed by atoms with E-state index in [0.29, 0.717) is 6.54 Å². The second kappa shape index (κ2) is 4.97. The lowest BCUT2D eigenvalue weighted by Gasteiger charge is -2.04. The first kappa shape index (κ1) is 10.9. The van der Waals surface area contributed by atoms with Crippen LogP contribution in [0.4, 0.5) is 11.5 Å². The van der Waals surface area contributed by atoms with Crippen molar-refractivity contribution in [2.45, 2.75) is 6.54 Å². The van der Waals surface area contributed by atoms with Crippen LogP contribution in [0.3, 0.4) is 0 Å². The van der Waals surface area contributed by atoms with Gasteiger partial charge in [-0.3, -0.25) is 10.1 Å². The quantitative estimate of drug-likeness (QED) is 0.631. The number of hydrogen-bond donors (Lipinski definition) is 1. The van der Waals surface area contributed by atoms with Crippen molar-refractivity contribution in [2.75, 3.05) is 5.32 Å². The maximum Gasteiger partial charge on any atom is 0.311 e. The molecule has 0 aliphatic rings. The van der Waals surface area contributed by atoms with E-state index in [2.05, 4.69) is 20.3 Å². The van der Waals surface area contributed by atoms with E-state index in [1.165, 1.54) is 24.7 Å². The summed E-state index contributed by atoms with van der Waals surface area (Å²) in [5.41, 5.74) is 0.682. The first-order valence-corrected chi connectivity index (χ1v) is 4.85. The Morgan fingerprint density at radius 2 is 2.18 bits per heavy atom. The Kier molecular flexibility index (Phi) is 3.20. The SMILES string of the molecule is O=[N+]([O-])c1cccnc1NCc1ccncn1. The molecule has 0 saturated heterocycles. The Balaban J connectivity index is 2.12. The molecule has 0 aliphatic heterocycles. The van der Waals surface area contributed by atoms with E-state index in [1.54, 1.807) is 12.3 Å². The van der Waals surface area contributed by atoms with Crippen molar-refractivity contribution < 1.29 is 4.92 Å². The first-order valence-electron chi connectivity index (χ1n) is 4.85. The van der Waals surface area contributed by atoms with Crippen LogP contribution in [-0.2, 0) is 6.54 Å². The summed E-state index contributed by atoms with van der Waals surface area (Å²) in [7, 11) is 0. The highest BCUT2D eigenvalue weighted by molar-refractivity contribution is 5.55. The average Bonchev–Trinajstić information content (AvgIpc) is 2.38. The largest absolute Gasteiger partial charge is 0.359 e. The van der Waals surface area contributed by atoms with Crippen LogP contribution >= 0.6 is 0 Å². The maximum absolute atomic E-state index is 10.7. The minimum Gasteiger partial charge on any atom is -0.359 e. The van der Waals surface area contributed by atoms with Gasteiger partial charge in [0, 0.05) is 18.5 Å². The van der Waals surface area contributed by atoms with Crippen LogP contribution in [0.15, 0.2) is 36.9 Å². The van der Waals surface area contributed by atoms with Gasteiger partial charge in [0.05, 0.1) is 17.2 Å². The van der Waals surface area contributed by atoms with E-state index in [4.69, 9.17) is 0 Å². The third-order valence-electron chi connectivity index (χ3n) is 2.06. The molecule has 0 spiro atoms. The van der Waals surface area contributed by atoms with Crippen LogP contribution in [0.5, 0.6) is 0 Å². The number of rotatable bonds is 4. The summed E-state index contributed by atoms with van der Waals surface area (Å²) >= 11 is 0. The highest BCUT2D eigenvalue weighted by Crippen LogP contribution is 2.20. The third kappa shape index (κ3) is 2.71. The number of nitro groups is 1. The summed E-state index contributed by atoms with van der Waals surface area (Å²) in [6.07, 6.45) is 4.52. The molecule has 0 fully saturated rings. The number of nitrogens with one attached hydrogen (secondary N) is 1. The second-order valence-corrected chi connectivity index (χ2v) is 3.18. The summed E-state index contributed by atoms with van der Waals surface area (Å²) in [5.74, 6) is 0.233. The first-order chi connectivity index (χ1) is 8.27.